The Balaban J connectivity index is 1.12. The molecule has 0 radical (unpaired) electrons. The summed E-state index contributed by atoms with van der Waals surface area (Å²) in [5, 5.41) is 3.92. The third-order valence-electron chi connectivity index (χ3n) is 15.0. The number of pyridine rings is 1. The summed E-state index contributed by atoms with van der Waals surface area (Å²) in [6.07, 6.45) is 13.5. The van der Waals surface area contributed by atoms with Crippen LogP contribution in [0.1, 0.15) is 73.6 Å². The fraction of sp³-hybridized carbons (Fsp3) is 0.254. The molecule has 64 heavy (non-hydrogen) atoms. The van der Waals surface area contributed by atoms with E-state index in [0.29, 0.717) is 5.92 Å². The van der Waals surface area contributed by atoms with Crippen molar-refractivity contribution in [3.8, 4) is 39.5 Å². The molecule has 1 fully saturated rings. The first-order valence-electron chi connectivity index (χ1n) is 23.8. The molecule has 0 saturated heterocycles. The van der Waals surface area contributed by atoms with Crippen LogP contribution >= 0.6 is 0 Å². The monoisotopic (exact) mass is 851 g/mol. The minimum absolute atomic E-state index is 0.191. The molecular weight excluding hydrogens is 795 g/mol. The maximum Gasteiger partial charge on any atom is 0.304 e. The highest BCUT2D eigenvalue weighted by Gasteiger charge is 2.45. The number of hydrogen-bond donors (Lipinski definition) is 0. The second kappa shape index (κ2) is 15.4. The summed E-state index contributed by atoms with van der Waals surface area (Å²) in [4.78, 5) is 0. The van der Waals surface area contributed by atoms with Crippen molar-refractivity contribution in [2.45, 2.75) is 89.4 Å². The summed E-state index contributed by atoms with van der Waals surface area (Å²) in [6, 6.07) is 54.2. The van der Waals surface area contributed by atoms with Crippen LogP contribution in [0.4, 0.5) is 0 Å². The van der Waals surface area contributed by atoms with Crippen molar-refractivity contribution in [3.63, 3.8) is 0 Å². The summed E-state index contributed by atoms with van der Waals surface area (Å²) >= 11 is 0. The van der Waals surface area contributed by atoms with Gasteiger partial charge in [-0.1, -0.05) is 161 Å². The van der Waals surface area contributed by atoms with Crippen molar-refractivity contribution in [2.24, 2.45) is 5.92 Å². The molecule has 0 bridgehead atoms. The van der Waals surface area contributed by atoms with Crippen LogP contribution < -0.4 is 14.3 Å². The van der Waals surface area contributed by atoms with Crippen LogP contribution in [0.25, 0.3) is 78.1 Å². The number of benzene rings is 6. The highest BCUT2D eigenvalue weighted by atomic mass is 28.3. The van der Waals surface area contributed by atoms with Crippen LogP contribution in [-0.4, -0.2) is 12.6 Å². The number of para-hydroxylation sites is 3. The first kappa shape index (κ1) is 39.3. The molecule has 5 heteroatoms. The van der Waals surface area contributed by atoms with Gasteiger partial charge in [0.1, 0.15) is 22.5 Å². The van der Waals surface area contributed by atoms with Crippen molar-refractivity contribution >= 4 is 51.9 Å². The number of imidazole rings is 1. The molecule has 1 aliphatic carbocycles. The summed E-state index contributed by atoms with van der Waals surface area (Å²) in [6.45, 7) is 12.8. The van der Waals surface area contributed by atoms with Crippen LogP contribution in [0.3, 0.4) is 0 Å². The topological polar surface area (TPSA) is 25.8 Å². The molecule has 9 aromatic rings. The summed E-state index contributed by atoms with van der Waals surface area (Å²) in [5.74, 6) is 2.17. The number of furan rings is 1. The van der Waals surface area contributed by atoms with Gasteiger partial charge in [-0.2, -0.15) is 13.7 Å². The molecule has 2 atom stereocenters. The predicted molar refractivity (Wildman–Crippen MR) is 267 cm³/mol. The van der Waals surface area contributed by atoms with E-state index < -0.39 is 8.07 Å². The fourth-order valence-electron chi connectivity index (χ4n) is 12.0. The normalized spacial score (nSPS) is 17.8. The quantitative estimate of drug-likeness (QED) is 0.125. The number of aromatic nitrogens is 3. The van der Waals surface area contributed by atoms with E-state index in [9.17, 15) is 0 Å². The summed E-state index contributed by atoms with van der Waals surface area (Å²) in [7, 11) is -1.73. The van der Waals surface area contributed by atoms with Crippen LogP contribution in [0.5, 0.6) is 0 Å². The lowest BCUT2D eigenvalue weighted by molar-refractivity contribution is -0.719. The zero-order valence-corrected chi connectivity index (χ0v) is 38.5. The van der Waals surface area contributed by atoms with Gasteiger partial charge in [-0.15, -0.1) is 0 Å². The van der Waals surface area contributed by atoms with E-state index >= 15 is 0 Å². The number of nitrogens with zero attached hydrogens (tertiary/aromatic N) is 3. The number of aryl methyl sites for hydroxylation is 1. The molecular formula is C59H57N3OSi+2. The molecule has 316 valence electrons. The average molecular weight is 852 g/mol. The zero-order chi connectivity index (χ0) is 43.1. The van der Waals surface area contributed by atoms with Gasteiger partial charge in [-0.3, -0.25) is 0 Å². The first-order valence-corrected chi connectivity index (χ1v) is 27.3. The Kier molecular flexibility index (Phi) is 9.49. The predicted octanol–water partition coefficient (Wildman–Crippen LogP) is 13.9. The minimum Gasteiger partial charge on any atom is -0.455 e. The van der Waals surface area contributed by atoms with Gasteiger partial charge in [0, 0.05) is 33.5 Å². The van der Waals surface area contributed by atoms with Crippen molar-refractivity contribution < 1.29 is 13.6 Å². The van der Waals surface area contributed by atoms with Gasteiger partial charge in [0.15, 0.2) is 28.9 Å². The average Bonchev–Trinajstić information content (AvgIpc) is 3.87. The van der Waals surface area contributed by atoms with Gasteiger partial charge in [-0.25, -0.2) is 0 Å². The third kappa shape index (κ3) is 6.45. The Morgan fingerprint density at radius 3 is 2.34 bits per heavy atom. The van der Waals surface area contributed by atoms with E-state index in [1.54, 1.807) is 10.8 Å². The minimum atomic E-state index is -1.73. The molecule has 0 spiro atoms. The molecule has 4 nitrogen and oxygen atoms in total. The van der Waals surface area contributed by atoms with E-state index in [2.05, 4.69) is 185 Å². The van der Waals surface area contributed by atoms with Crippen LogP contribution in [0.2, 0.25) is 19.6 Å². The number of hydrogen-bond acceptors (Lipinski definition) is 1. The van der Waals surface area contributed by atoms with Gasteiger partial charge in [-0.05, 0) is 89.4 Å². The first-order chi connectivity index (χ1) is 31.3. The van der Waals surface area contributed by atoms with E-state index in [4.69, 9.17) is 11.0 Å². The Labute approximate surface area is 378 Å². The molecule has 5 heterocycles. The lowest BCUT2D eigenvalue weighted by Gasteiger charge is -2.33. The molecule has 1 saturated carbocycles. The van der Waals surface area contributed by atoms with E-state index in [1.165, 1.54) is 72.0 Å². The Hall–Kier alpha value is -6.30. The maximum absolute atomic E-state index is 7.05. The Morgan fingerprint density at radius 1 is 0.719 bits per heavy atom. The molecule has 0 N–H and O–H groups in total. The number of fused-ring (bicyclic) bond motifs is 15. The van der Waals surface area contributed by atoms with Gasteiger partial charge >= 0.3 is 5.82 Å². The van der Waals surface area contributed by atoms with Crippen LogP contribution in [0, 0.1) is 5.92 Å². The highest BCUT2D eigenvalue weighted by molar-refractivity contribution is 6.89. The fourth-order valence-corrected chi connectivity index (χ4v) is 13.7. The van der Waals surface area contributed by atoms with Gasteiger partial charge in [0.2, 0.25) is 5.69 Å². The second-order valence-corrected chi connectivity index (χ2v) is 25.0. The van der Waals surface area contributed by atoms with Crippen LogP contribution in [-0.2, 0) is 12.8 Å². The SMILES string of the molecule is C=C1CC2C(CCc3ccc4c(oc5ccccc54)c3-c3n(-c4cccc(-c5ccccc5)c4)c4ccccc4[n+]31)c1ccccc1-c1cc(CC3CCCCC3)c([Si](C)(C)C)c[n+]12. The molecule has 2 unspecified atom stereocenters. The maximum atomic E-state index is 7.05. The molecule has 2 aliphatic heterocycles. The molecule has 12 rings (SSSR count). The highest BCUT2D eigenvalue weighted by Crippen LogP contribution is 2.47. The van der Waals surface area contributed by atoms with E-state index in [0.717, 1.165) is 80.9 Å². The number of allylic oxidation sites excluding steroid dienone is 1. The number of rotatable bonds is 5. The Bertz CT molecular complexity index is 3290. The van der Waals surface area contributed by atoms with Crippen molar-refractivity contribution in [1.29, 1.82) is 0 Å². The summed E-state index contributed by atoms with van der Waals surface area (Å²) < 4.78 is 14.8. The van der Waals surface area contributed by atoms with Crippen molar-refractivity contribution in [1.82, 2.24) is 4.57 Å². The lowest BCUT2D eigenvalue weighted by atomic mass is 9.77. The van der Waals surface area contributed by atoms with Crippen LogP contribution in [0.15, 0.2) is 163 Å². The second-order valence-electron chi connectivity index (χ2n) is 20.0. The lowest BCUT2D eigenvalue weighted by Crippen LogP contribution is -2.54. The van der Waals surface area contributed by atoms with Gasteiger partial charge < -0.3 is 4.42 Å². The largest absolute Gasteiger partial charge is 0.455 e. The van der Waals surface area contributed by atoms with Crippen molar-refractivity contribution in [3.05, 3.63) is 175 Å². The van der Waals surface area contributed by atoms with Gasteiger partial charge in [0.25, 0.3) is 0 Å². The van der Waals surface area contributed by atoms with E-state index in [-0.39, 0.29) is 6.04 Å². The smallest absolute Gasteiger partial charge is 0.304 e. The standard InChI is InChI=1S/C59H57N3OSi/c1-39-34-53-48(46-24-11-12-25-47(46)54-37-44(35-40-18-7-5-8-19-40)56(38-60(53)54)64(2,3)4)32-30-42-31-33-50-49-26-13-16-29-55(49)63-58(50)57(42)59-61(39)51-27-14-15-28-52(51)62(59)45-23-17-22-43(36-45)41-20-9-6-10-21-41/h6,9-17,20-29,31,33,36-38,40,48,53H,1,5,7-8,18-19,30,32,34-35H2,2-4H3/q+2. The molecule has 3 aromatic heterocycles. The third-order valence-corrected chi connectivity index (χ3v) is 17.1. The molecule has 0 amide bonds. The molecule has 3 aliphatic rings. The Morgan fingerprint density at radius 2 is 1.48 bits per heavy atom. The zero-order valence-electron chi connectivity index (χ0n) is 37.5. The van der Waals surface area contributed by atoms with Gasteiger partial charge in [0.05, 0.1) is 14.5 Å². The van der Waals surface area contributed by atoms with Crippen molar-refractivity contribution in [2.75, 3.05) is 0 Å². The van der Waals surface area contributed by atoms with E-state index in [1.807, 2.05) is 0 Å². The molecule has 6 aromatic carbocycles. The summed E-state index contributed by atoms with van der Waals surface area (Å²) in [5.41, 5.74) is 17.1.